The fourth-order valence-corrected chi connectivity index (χ4v) is 9.45. The van der Waals surface area contributed by atoms with Crippen molar-refractivity contribution in [1.82, 2.24) is 14.1 Å². The summed E-state index contributed by atoms with van der Waals surface area (Å²) in [6, 6.07) is 84.0. The van der Waals surface area contributed by atoms with Crippen molar-refractivity contribution >= 4 is 43.6 Å². The summed E-state index contributed by atoms with van der Waals surface area (Å²) in [5, 5.41) is 14.6. The SMILES string of the molecule is N#Cc1cccc(-c2cc(-n3c4ccc(-c5ccccc5)cc4c4cc(-c5ccccc5)ccc43)nc(-n3c4ccc(-c5ccccc5)cc4c4cc(-c5ccccc5)ccc43)c2)c1. The van der Waals surface area contributed by atoms with Gasteiger partial charge >= 0.3 is 0 Å². The van der Waals surface area contributed by atoms with Crippen molar-refractivity contribution < 1.29 is 0 Å². The largest absolute Gasteiger partial charge is 0.294 e. The molecule has 0 saturated heterocycles. The van der Waals surface area contributed by atoms with Gasteiger partial charge in [0.1, 0.15) is 11.6 Å². The minimum atomic E-state index is 0.606. The minimum absolute atomic E-state index is 0.606. The van der Waals surface area contributed by atoms with Gasteiger partial charge in [-0.05, 0) is 128 Å². The molecule has 3 heterocycles. The molecule has 0 unspecified atom stereocenters. The third-order valence-electron chi connectivity index (χ3n) is 12.5. The van der Waals surface area contributed by atoms with Crippen molar-refractivity contribution in [3.05, 3.63) is 236 Å². The Labute approximate surface area is 370 Å². The summed E-state index contributed by atoms with van der Waals surface area (Å²) in [7, 11) is 0. The lowest BCUT2D eigenvalue weighted by molar-refractivity contribution is 1.01. The number of hydrogen-bond acceptors (Lipinski definition) is 2. The molecular weight excluding hydrogens is 777 g/mol. The molecule has 298 valence electrons. The normalized spacial score (nSPS) is 11.4. The van der Waals surface area contributed by atoms with Crippen molar-refractivity contribution in [2.24, 2.45) is 0 Å². The molecule has 0 fully saturated rings. The molecule has 0 amide bonds. The van der Waals surface area contributed by atoms with E-state index in [0.29, 0.717) is 5.56 Å². The van der Waals surface area contributed by atoms with Crippen LogP contribution >= 0.6 is 0 Å². The molecule has 0 atom stereocenters. The monoisotopic (exact) mass is 814 g/mol. The van der Waals surface area contributed by atoms with Gasteiger partial charge in [-0.2, -0.15) is 5.26 Å². The zero-order valence-corrected chi connectivity index (χ0v) is 34.7. The van der Waals surface area contributed by atoms with Gasteiger partial charge in [-0.1, -0.05) is 158 Å². The summed E-state index contributed by atoms with van der Waals surface area (Å²) in [5.74, 6) is 1.57. The fourth-order valence-electron chi connectivity index (χ4n) is 9.45. The summed E-state index contributed by atoms with van der Waals surface area (Å²) in [6.07, 6.45) is 0. The Hall–Kier alpha value is -8.78. The summed E-state index contributed by atoms with van der Waals surface area (Å²) in [5.41, 5.74) is 16.0. The molecule has 0 aliphatic rings. The summed E-state index contributed by atoms with van der Waals surface area (Å²) < 4.78 is 4.62. The van der Waals surface area contributed by atoms with Gasteiger partial charge in [0.05, 0.1) is 33.7 Å². The molecule has 0 spiro atoms. The van der Waals surface area contributed by atoms with Crippen LogP contribution in [0.2, 0.25) is 0 Å². The first-order valence-corrected chi connectivity index (χ1v) is 21.6. The Balaban J connectivity index is 1.15. The van der Waals surface area contributed by atoms with Gasteiger partial charge in [0, 0.05) is 21.5 Å². The smallest absolute Gasteiger partial charge is 0.140 e. The molecule has 12 aromatic rings. The number of hydrogen-bond donors (Lipinski definition) is 0. The maximum absolute atomic E-state index is 10.0. The van der Waals surface area contributed by atoms with Crippen LogP contribution in [0.4, 0.5) is 0 Å². The van der Waals surface area contributed by atoms with E-state index >= 15 is 0 Å². The van der Waals surface area contributed by atoms with Crippen LogP contribution in [-0.2, 0) is 0 Å². The maximum Gasteiger partial charge on any atom is 0.140 e. The zero-order chi connectivity index (χ0) is 42.6. The van der Waals surface area contributed by atoms with Crippen LogP contribution < -0.4 is 0 Å². The number of rotatable bonds is 7. The van der Waals surface area contributed by atoms with Gasteiger partial charge in [0.2, 0.25) is 0 Å². The summed E-state index contributed by atoms with van der Waals surface area (Å²) in [4.78, 5) is 5.67. The second kappa shape index (κ2) is 15.3. The average Bonchev–Trinajstić information content (AvgIpc) is 3.88. The zero-order valence-electron chi connectivity index (χ0n) is 34.7. The number of aromatic nitrogens is 3. The van der Waals surface area contributed by atoms with E-state index in [2.05, 4.69) is 228 Å². The molecular formula is C60H38N4. The molecule has 9 aromatic carbocycles. The van der Waals surface area contributed by atoms with E-state index in [9.17, 15) is 5.26 Å². The number of nitrogens with zero attached hydrogens (tertiary/aromatic N) is 4. The number of nitriles is 1. The van der Waals surface area contributed by atoms with E-state index in [1.165, 1.54) is 22.3 Å². The highest BCUT2D eigenvalue weighted by Gasteiger charge is 2.21. The first kappa shape index (κ1) is 37.0. The van der Waals surface area contributed by atoms with Crippen LogP contribution in [0.25, 0.3) is 111 Å². The van der Waals surface area contributed by atoms with Gasteiger partial charge in [-0.3, -0.25) is 9.13 Å². The van der Waals surface area contributed by atoms with E-state index in [0.717, 1.165) is 88.6 Å². The summed E-state index contributed by atoms with van der Waals surface area (Å²) in [6.45, 7) is 0. The maximum atomic E-state index is 10.0. The molecule has 0 N–H and O–H groups in total. The standard InChI is InChI=1S/C60H38N4/c61-39-40-14-13-23-45(32-40)50-37-59(63-55-28-24-46(41-15-5-1-6-16-41)33-51(55)52-34-47(25-29-56(52)63)42-17-7-2-8-18-42)62-60(38-50)64-57-30-26-48(43-19-9-3-10-20-43)35-53(57)54-36-49(27-31-58(54)64)44-21-11-4-12-22-44/h1-38H. The highest BCUT2D eigenvalue weighted by Crippen LogP contribution is 2.41. The van der Waals surface area contributed by atoms with Crippen molar-refractivity contribution in [2.75, 3.05) is 0 Å². The van der Waals surface area contributed by atoms with Crippen LogP contribution in [0.1, 0.15) is 5.56 Å². The van der Waals surface area contributed by atoms with Crippen LogP contribution in [0.3, 0.4) is 0 Å². The van der Waals surface area contributed by atoms with Crippen molar-refractivity contribution in [3.63, 3.8) is 0 Å². The minimum Gasteiger partial charge on any atom is -0.294 e. The van der Waals surface area contributed by atoms with Gasteiger partial charge in [0.25, 0.3) is 0 Å². The molecule has 64 heavy (non-hydrogen) atoms. The molecule has 12 rings (SSSR count). The first-order chi connectivity index (χ1) is 31.7. The van der Waals surface area contributed by atoms with E-state index < -0.39 is 0 Å². The summed E-state index contributed by atoms with van der Waals surface area (Å²) >= 11 is 0. The number of fused-ring (bicyclic) bond motifs is 6. The third kappa shape index (κ3) is 6.35. The number of pyridine rings is 1. The Morgan fingerprint density at radius 1 is 0.281 bits per heavy atom. The molecule has 0 saturated carbocycles. The molecule has 0 radical (unpaired) electrons. The molecule has 4 heteroatoms. The highest BCUT2D eigenvalue weighted by molar-refractivity contribution is 6.13. The van der Waals surface area contributed by atoms with Crippen LogP contribution in [0, 0.1) is 11.3 Å². The predicted molar refractivity (Wildman–Crippen MR) is 265 cm³/mol. The molecule has 4 nitrogen and oxygen atoms in total. The van der Waals surface area contributed by atoms with Crippen LogP contribution in [-0.4, -0.2) is 14.1 Å². The van der Waals surface area contributed by atoms with Crippen molar-refractivity contribution in [3.8, 4) is 73.3 Å². The van der Waals surface area contributed by atoms with Gasteiger partial charge in [-0.25, -0.2) is 4.98 Å². The van der Waals surface area contributed by atoms with Crippen molar-refractivity contribution in [1.29, 1.82) is 5.26 Å². The molecule has 0 aliphatic heterocycles. The topological polar surface area (TPSA) is 46.5 Å². The Bertz CT molecular complexity index is 3350. The van der Waals surface area contributed by atoms with Gasteiger partial charge in [-0.15, -0.1) is 0 Å². The molecule has 0 aliphatic carbocycles. The quantitative estimate of drug-likeness (QED) is 0.161. The third-order valence-corrected chi connectivity index (χ3v) is 12.5. The molecule has 3 aromatic heterocycles. The Morgan fingerprint density at radius 2 is 0.594 bits per heavy atom. The van der Waals surface area contributed by atoms with Crippen LogP contribution in [0.5, 0.6) is 0 Å². The lowest BCUT2D eigenvalue weighted by atomic mass is 10.0. The second-order valence-electron chi connectivity index (χ2n) is 16.3. The van der Waals surface area contributed by atoms with E-state index in [1.54, 1.807) is 0 Å². The fraction of sp³-hybridized carbons (Fsp3) is 0. The first-order valence-electron chi connectivity index (χ1n) is 21.6. The lowest BCUT2D eigenvalue weighted by Gasteiger charge is -2.15. The molecule has 0 bridgehead atoms. The predicted octanol–water partition coefficient (Wildman–Crippen LogP) is 15.5. The second-order valence-corrected chi connectivity index (χ2v) is 16.3. The van der Waals surface area contributed by atoms with Gasteiger partial charge in [0.15, 0.2) is 0 Å². The van der Waals surface area contributed by atoms with E-state index in [4.69, 9.17) is 4.98 Å². The van der Waals surface area contributed by atoms with Crippen molar-refractivity contribution in [2.45, 2.75) is 0 Å². The highest BCUT2D eigenvalue weighted by atomic mass is 15.1. The van der Waals surface area contributed by atoms with E-state index in [-0.39, 0.29) is 0 Å². The number of benzene rings is 9. The Morgan fingerprint density at radius 3 is 0.922 bits per heavy atom. The van der Waals surface area contributed by atoms with Gasteiger partial charge < -0.3 is 0 Å². The Kier molecular flexibility index (Phi) is 8.84. The average molecular weight is 815 g/mol. The van der Waals surface area contributed by atoms with E-state index in [1.807, 2.05) is 18.2 Å². The van der Waals surface area contributed by atoms with Crippen LogP contribution in [0.15, 0.2) is 231 Å². The lowest BCUT2D eigenvalue weighted by Crippen LogP contribution is -2.04.